The molecule has 6 heteroatoms. The number of hydrogen-bond donors (Lipinski definition) is 1. The van der Waals surface area contributed by atoms with Crippen molar-refractivity contribution in [1.82, 2.24) is 10.3 Å². The maximum absolute atomic E-state index is 10.9. The average Bonchev–Trinajstić information content (AvgIpc) is 2.36. The number of hydrazone groups is 1. The largest absolute Gasteiger partial charge is 0.271 e. The van der Waals surface area contributed by atoms with Gasteiger partial charge in [-0.1, -0.05) is 0 Å². The van der Waals surface area contributed by atoms with Crippen LogP contribution in [0.2, 0.25) is 0 Å². The van der Waals surface area contributed by atoms with E-state index in [-0.39, 0.29) is 6.54 Å². The van der Waals surface area contributed by atoms with E-state index in [0.29, 0.717) is 0 Å². The number of rotatable bonds is 3. The Bertz CT molecular complexity index is 290. The third-order valence-corrected chi connectivity index (χ3v) is 1.41. The molecular formula is C7H7N3O3. The van der Waals surface area contributed by atoms with Crippen LogP contribution in [0.4, 0.5) is 0 Å². The molecule has 0 aromatic heterocycles. The summed E-state index contributed by atoms with van der Waals surface area (Å²) in [4.78, 5) is 33.5. The van der Waals surface area contributed by atoms with Crippen molar-refractivity contribution in [2.24, 2.45) is 5.10 Å². The lowest BCUT2D eigenvalue weighted by Gasteiger charge is -2.11. The first-order valence-corrected chi connectivity index (χ1v) is 3.43. The van der Waals surface area contributed by atoms with E-state index in [2.05, 4.69) is 11.8 Å². The van der Waals surface area contributed by atoms with Gasteiger partial charge < -0.3 is 0 Å². The van der Waals surface area contributed by atoms with Gasteiger partial charge in [0.05, 0.1) is 0 Å². The van der Waals surface area contributed by atoms with Gasteiger partial charge >= 0.3 is 0 Å². The minimum atomic E-state index is -0.555. The molecule has 0 atom stereocenters. The van der Waals surface area contributed by atoms with E-state index in [4.69, 9.17) is 0 Å². The zero-order valence-electron chi connectivity index (χ0n) is 6.69. The highest BCUT2D eigenvalue weighted by atomic mass is 16.2. The monoisotopic (exact) mass is 181 g/mol. The maximum Gasteiger partial charge on any atom is 0.260 e. The van der Waals surface area contributed by atoms with Crippen LogP contribution in [0.5, 0.6) is 0 Å². The number of nitrogens with one attached hydrogen (secondary N) is 1. The number of imide groups is 1. The lowest BCUT2D eigenvalue weighted by Crippen LogP contribution is -2.38. The molecule has 3 amide bonds. The molecule has 0 radical (unpaired) electrons. The molecule has 0 aromatic rings. The van der Waals surface area contributed by atoms with Crippen molar-refractivity contribution in [2.75, 3.05) is 6.54 Å². The first-order chi connectivity index (χ1) is 6.15. The summed E-state index contributed by atoms with van der Waals surface area (Å²) in [6.07, 6.45) is 2.22. The van der Waals surface area contributed by atoms with Crippen LogP contribution < -0.4 is 5.43 Å². The van der Waals surface area contributed by atoms with Gasteiger partial charge in [0.25, 0.3) is 17.7 Å². The summed E-state index contributed by atoms with van der Waals surface area (Å²) in [7, 11) is 0. The Morgan fingerprint density at radius 3 is 2.46 bits per heavy atom. The van der Waals surface area contributed by atoms with Crippen LogP contribution in [0.15, 0.2) is 17.3 Å². The molecule has 0 saturated heterocycles. The topological polar surface area (TPSA) is 78.8 Å². The third kappa shape index (κ3) is 1.98. The van der Waals surface area contributed by atoms with Gasteiger partial charge in [0.1, 0.15) is 6.54 Å². The Hall–Kier alpha value is -1.98. The summed E-state index contributed by atoms with van der Waals surface area (Å²) in [6.45, 7) is 2.70. The fourth-order valence-corrected chi connectivity index (χ4v) is 0.854. The summed E-state index contributed by atoms with van der Waals surface area (Å²) in [6, 6.07) is 0. The van der Waals surface area contributed by atoms with Gasteiger partial charge in [-0.25, -0.2) is 5.43 Å². The zero-order chi connectivity index (χ0) is 9.84. The van der Waals surface area contributed by atoms with Gasteiger partial charge in [0.15, 0.2) is 0 Å². The molecule has 1 heterocycles. The van der Waals surface area contributed by atoms with Gasteiger partial charge in [-0.3, -0.25) is 19.3 Å². The molecular weight excluding hydrogens is 174 g/mol. The Morgan fingerprint density at radius 2 is 2.00 bits per heavy atom. The van der Waals surface area contributed by atoms with E-state index in [0.717, 1.165) is 17.1 Å². The van der Waals surface area contributed by atoms with Crippen LogP contribution >= 0.6 is 0 Å². The number of hydrogen-bond acceptors (Lipinski definition) is 4. The molecule has 0 fully saturated rings. The van der Waals surface area contributed by atoms with E-state index in [1.54, 1.807) is 0 Å². The van der Waals surface area contributed by atoms with Crippen LogP contribution in [0.25, 0.3) is 0 Å². The van der Waals surface area contributed by atoms with Gasteiger partial charge in [0.2, 0.25) is 0 Å². The van der Waals surface area contributed by atoms with Crippen molar-refractivity contribution >= 4 is 24.4 Å². The second-order valence-corrected chi connectivity index (χ2v) is 2.29. The highest BCUT2D eigenvalue weighted by Crippen LogP contribution is 2.01. The summed E-state index contributed by atoms with van der Waals surface area (Å²) in [5.74, 6) is -1.55. The maximum atomic E-state index is 10.9. The molecule has 6 nitrogen and oxygen atoms in total. The third-order valence-electron chi connectivity index (χ3n) is 1.41. The van der Waals surface area contributed by atoms with Gasteiger partial charge in [-0.15, -0.1) is 0 Å². The average molecular weight is 181 g/mol. The molecule has 13 heavy (non-hydrogen) atoms. The van der Waals surface area contributed by atoms with Gasteiger partial charge in [-0.05, 0) is 0 Å². The Balaban J connectivity index is 2.55. The first kappa shape index (κ1) is 9.11. The van der Waals surface area contributed by atoms with Crippen molar-refractivity contribution < 1.29 is 14.4 Å². The first-order valence-electron chi connectivity index (χ1n) is 3.43. The van der Waals surface area contributed by atoms with Crippen molar-refractivity contribution in [1.29, 1.82) is 0 Å². The molecule has 0 aromatic carbocycles. The molecule has 0 unspecified atom stereocenters. The number of carbonyl (C=O) groups excluding carboxylic acids is 3. The molecule has 0 spiro atoms. The fourth-order valence-electron chi connectivity index (χ4n) is 0.854. The summed E-state index contributed by atoms with van der Waals surface area (Å²) < 4.78 is 0. The van der Waals surface area contributed by atoms with Gasteiger partial charge in [-0.2, -0.15) is 5.10 Å². The van der Waals surface area contributed by atoms with E-state index in [1.807, 2.05) is 5.43 Å². The second kappa shape index (κ2) is 3.61. The molecule has 68 valence electrons. The molecule has 1 aliphatic heterocycles. The molecule has 0 aliphatic carbocycles. The Morgan fingerprint density at radius 1 is 1.46 bits per heavy atom. The van der Waals surface area contributed by atoms with E-state index >= 15 is 0 Å². The van der Waals surface area contributed by atoms with E-state index in [1.165, 1.54) is 0 Å². The van der Waals surface area contributed by atoms with Gasteiger partial charge in [0, 0.05) is 18.9 Å². The summed E-state index contributed by atoms with van der Waals surface area (Å²) in [5.41, 5.74) is 2.01. The van der Waals surface area contributed by atoms with Crippen molar-refractivity contribution in [2.45, 2.75) is 0 Å². The van der Waals surface area contributed by atoms with E-state index in [9.17, 15) is 14.4 Å². The summed E-state index contributed by atoms with van der Waals surface area (Å²) in [5, 5.41) is 3.11. The van der Waals surface area contributed by atoms with Crippen LogP contribution in [0.3, 0.4) is 0 Å². The molecule has 0 saturated carbocycles. The fraction of sp³-hybridized carbons (Fsp3) is 0.143. The number of nitrogens with zero attached hydrogens (tertiary/aromatic N) is 2. The predicted octanol–water partition coefficient (Wildman–Crippen LogP) is -1.36. The Labute approximate surface area is 73.9 Å². The molecule has 1 rings (SSSR count). The predicted molar refractivity (Wildman–Crippen MR) is 43.6 cm³/mol. The van der Waals surface area contributed by atoms with Crippen LogP contribution in [-0.2, 0) is 14.4 Å². The van der Waals surface area contributed by atoms with Crippen molar-refractivity contribution in [3.8, 4) is 0 Å². The van der Waals surface area contributed by atoms with Crippen molar-refractivity contribution in [3.63, 3.8) is 0 Å². The number of amides is 3. The zero-order valence-corrected chi connectivity index (χ0v) is 6.69. The summed E-state index contributed by atoms with van der Waals surface area (Å²) >= 11 is 0. The normalized spacial score (nSPS) is 14.9. The minimum Gasteiger partial charge on any atom is -0.271 e. The second-order valence-electron chi connectivity index (χ2n) is 2.29. The minimum absolute atomic E-state index is 0.330. The number of carbonyl (C=O) groups is 3. The Kier molecular flexibility index (Phi) is 2.53. The highest BCUT2D eigenvalue weighted by Gasteiger charge is 2.25. The SMILES string of the molecule is C=NNC(=O)CN1C(=O)C=CC1=O. The lowest BCUT2D eigenvalue weighted by atomic mass is 10.5. The molecule has 1 N–H and O–H groups in total. The lowest BCUT2D eigenvalue weighted by molar-refractivity contribution is -0.141. The van der Waals surface area contributed by atoms with E-state index < -0.39 is 17.7 Å². The van der Waals surface area contributed by atoms with Crippen LogP contribution in [0, 0.1) is 0 Å². The van der Waals surface area contributed by atoms with Crippen molar-refractivity contribution in [3.05, 3.63) is 12.2 Å². The molecule has 0 bridgehead atoms. The van der Waals surface area contributed by atoms with Crippen LogP contribution in [-0.4, -0.2) is 35.9 Å². The molecule has 1 aliphatic rings. The smallest absolute Gasteiger partial charge is 0.260 e. The standard InChI is InChI=1S/C7H7N3O3/c1-8-9-5(11)4-10-6(12)2-3-7(10)13/h2-3H,1,4H2,(H,9,11). The quantitative estimate of drug-likeness (QED) is 0.332. The highest BCUT2D eigenvalue weighted by molar-refractivity contribution is 6.14. The van der Waals surface area contributed by atoms with Crippen LogP contribution in [0.1, 0.15) is 0 Å².